The highest BCUT2D eigenvalue weighted by atomic mass is 16.5. The van der Waals surface area contributed by atoms with Crippen LogP contribution in [0, 0.1) is 0 Å². The molecule has 0 aliphatic heterocycles. The molecule has 5 heteroatoms. The maximum Gasteiger partial charge on any atom is 0.305 e. The fourth-order valence-electron chi connectivity index (χ4n) is 1.19. The summed E-state index contributed by atoms with van der Waals surface area (Å²) in [6.45, 7) is 0. The number of unbranched alkanes of at least 4 members (excludes halogenated alkanes) is 1. The van der Waals surface area contributed by atoms with E-state index in [1.807, 2.05) is 0 Å². The normalized spacial score (nSPS) is 12.1. The molecule has 2 N–H and O–H groups in total. The van der Waals surface area contributed by atoms with Crippen LogP contribution in [0.4, 0.5) is 0 Å². The van der Waals surface area contributed by atoms with Crippen LogP contribution in [0.2, 0.25) is 0 Å². The highest BCUT2D eigenvalue weighted by molar-refractivity contribution is 5.69. The molecule has 0 fully saturated rings. The predicted octanol–water partition coefficient (Wildman–Crippen LogP) is 0.946. The van der Waals surface area contributed by atoms with Gasteiger partial charge in [-0.15, -0.1) is 0 Å². The molecule has 0 saturated heterocycles. The highest BCUT2D eigenvalue weighted by Gasteiger charge is 2.08. The predicted molar refractivity (Wildman–Crippen MR) is 53.4 cm³/mol. The summed E-state index contributed by atoms with van der Waals surface area (Å²) in [4.78, 5) is 20.9. The fourth-order valence-corrected chi connectivity index (χ4v) is 1.19. The van der Waals surface area contributed by atoms with Gasteiger partial charge < -0.3 is 14.9 Å². The Hall–Kier alpha value is -1.10. The number of ether oxygens (including phenoxy) is 1. The Morgan fingerprint density at radius 2 is 1.87 bits per heavy atom. The van der Waals surface area contributed by atoms with E-state index in [4.69, 9.17) is 5.11 Å². The third kappa shape index (κ3) is 9.21. The molecule has 5 nitrogen and oxygen atoms in total. The number of aliphatic carboxylic acids is 1. The maximum atomic E-state index is 10.7. The number of carbonyl (C=O) groups excluding carboxylic acids is 1. The van der Waals surface area contributed by atoms with E-state index in [0.717, 1.165) is 0 Å². The number of carboxylic acid groups (broad SMARTS) is 1. The SMILES string of the molecule is COC(=O)CCC(O)CCCCC(=O)O. The Labute approximate surface area is 89.0 Å². The average Bonchev–Trinajstić information content (AvgIpc) is 2.20. The van der Waals surface area contributed by atoms with Gasteiger partial charge in [0.05, 0.1) is 13.2 Å². The van der Waals surface area contributed by atoms with Gasteiger partial charge in [0.2, 0.25) is 0 Å². The molecule has 0 amide bonds. The number of methoxy groups -OCH3 is 1. The second kappa shape index (κ2) is 8.23. The first kappa shape index (κ1) is 13.9. The smallest absolute Gasteiger partial charge is 0.305 e. The van der Waals surface area contributed by atoms with Crippen LogP contribution in [0.3, 0.4) is 0 Å². The molecular formula is C10H18O5. The molecule has 0 aromatic carbocycles. The summed E-state index contributed by atoms with van der Waals surface area (Å²) in [6.07, 6.45) is 1.92. The molecule has 0 saturated carbocycles. The van der Waals surface area contributed by atoms with Gasteiger partial charge in [0, 0.05) is 12.8 Å². The van der Waals surface area contributed by atoms with E-state index in [1.165, 1.54) is 7.11 Å². The Kier molecular flexibility index (Phi) is 7.62. The van der Waals surface area contributed by atoms with E-state index in [0.29, 0.717) is 25.7 Å². The first-order valence-corrected chi connectivity index (χ1v) is 5.03. The zero-order valence-corrected chi connectivity index (χ0v) is 8.94. The van der Waals surface area contributed by atoms with Crippen molar-refractivity contribution in [2.24, 2.45) is 0 Å². The van der Waals surface area contributed by atoms with Crippen LogP contribution >= 0.6 is 0 Å². The fraction of sp³-hybridized carbons (Fsp3) is 0.800. The van der Waals surface area contributed by atoms with Gasteiger partial charge in [0.15, 0.2) is 0 Å². The summed E-state index contributed by atoms with van der Waals surface area (Å²) in [5.41, 5.74) is 0. The second-order valence-electron chi connectivity index (χ2n) is 3.41. The molecule has 1 atom stereocenters. The minimum Gasteiger partial charge on any atom is -0.481 e. The summed E-state index contributed by atoms with van der Waals surface area (Å²) < 4.78 is 4.43. The summed E-state index contributed by atoms with van der Waals surface area (Å²) in [6, 6.07) is 0. The maximum absolute atomic E-state index is 10.7. The molecule has 0 spiro atoms. The number of hydrogen-bond donors (Lipinski definition) is 2. The molecule has 0 radical (unpaired) electrons. The van der Waals surface area contributed by atoms with Crippen molar-refractivity contribution >= 4 is 11.9 Å². The van der Waals surface area contributed by atoms with Crippen LogP contribution in [0.15, 0.2) is 0 Å². The zero-order valence-electron chi connectivity index (χ0n) is 8.94. The highest BCUT2D eigenvalue weighted by Crippen LogP contribution is 2.08. The van der Waals surface area contributed by atoms with Gasteiger partial charge >= 0.3 is 11.9 Å². The molecule has 0 rings (SSSR count). The first-order valence-electron chi connectivity index (χ1n) is 5.03. The molecule has 0 aliphatic carbocycles. The third-order valence-corrected chi connectivity index (χ3v) is 2.09. The molecule has 0 heterocycles. The van der Waals surface area contributed by atoms with Crippen LogP contribution in [-0.2, 0) is 14.3 Å². The van der Waals surface area contributed by atoms with Crippen molar-refractivity contribution in [1.29, 1.82) is 0 Å². The number of esters is 1. The van der Waals surface area contributed by atoms with Crippen LogP contribution in [0.5, 0.6) is 0 Å². The monoisotopic (exact) mass is 218 g/mol. The Morgan fingerprint density at radius 3 is 2.40 bits per heavy atom. The van der Waals surface area contributed by atoms with E-state index in [2.05, 4.69) is 4.74 Å². The molecule has 15 heavy (non-hydrogen) atoms. The Balaban J connectivity index is 3.37. The first-order chi connectivity index (χ1) is 7.06. The van der Waals surface area contributed by atoms with E-state index in [-0.39, 0.29) is 18.8 Å². The number of carboxylic acids is 1. The topological polar surface area (TPSA) is 83.8 Å². The molecular weight excluding hydrogens is 200 g/mol. The Bertz CT molecular complexity index is 202. The Morgan fingerprint density at radius 1 is 1.20 bits per heavy atom. The van der Waals surface area contributed by atoms with Crippen molar-refractivity contribution < 1.29 is 24.5 Å². The van der Waals surface area contributed by atoms with E-state index in [1.54, 1.807) is 0 Å². The third-order valence-electron chi connectivity index (χ3n) is 2.09. The summed E-state index contributed by atoms with van der Waals surface area (Å²) in [5.74, 6) is -1.15. The number of aliphatic hydroxyl groups is 1. The van der Waals surface area contributed by atoms with E-state index in [9.17, 15) is 14.7 Å². The van der Waals surface area contributed by atoms with Gasteiger partial charge in [-0.2, -0.15) is 0 Å². The zero-order chi connectivity index (χ0) is 11.7. The number of carbonyl (C=O) groups is 2. The minimum atomic E-state index is -0.820. The molecule has 1 unspecified atom stereocenters. The molecule has 0 aromatic heterocycles. The number of hydrogen-bond acceptors (Lipinski definition) is 4. The van der Waals surface area contributed by atoms with Crippen molar-refractivity contribution in [2.45, 2.75) is 44.6 Å². The quantitative estimate of drug-likeness (QED) is 0.468. The van der Waals surface area contributed by atoms with Crippen LogP contribution in [0.1, 0.15) is 38.5 Å². The average molecular weight is 218 g/mol. The van der Waals surface area contributed by atoms with Gasteiger partial charge in [0.1, 0.15) is 0 Å². The lowest BCUT2D eigenvalue weighted by molar-refractivity contribution is -0.141. The molecule has 88 valence electrons. The summed E-state index contributed by atoms with van der Waals surface area (Å²) in [7, 11) is 1.31. The van der Waals surface area contributed by atoms with Crippen molar-refractivity contribution in [1.82, 2.24) is 0 Å². The molecule has 0 aliphatic rings. The lowest BCUT2D eigenvalue weighted by Gasteiger charge is -2.08. The van der Waals surface area contributed by atoms with Crippen molar-refractivity contribution in [3.05, 3.63) is 0 Å². The lowest BCUT2D eigenvalue weighted by atomic mass is 10.1. The van der Waals surface area contributed by atoms with Crippen LogP contribution in [-0.4, -0.2) is 35.4 Å². The number of aliphatic hydroxyl groups excluding tert-OH is 1. The van der Waals surface area contributed by atoms with Crippen molar-refractivity contribution in [2.75, 3.05) is 7.11 Å². The minimum absolute atomic E-state index is 0.129. The van der Waals surface area contributed by atoms with Gasteiger partial charge in [-0.05, 0) is 19.3 Å². The number of rotatable bonds is 8. The molecule has 0 aromatic rings. The molecule has 0 bridgehead atoms. The summed E-state index contributed by atoms with van der Waals surface area (Å²) in [5, 5.41) is 17.8. The largest absolute Gasteiger partial charge is 0.481 e. The van der Waals surface area contributed by atoms with E-state index < -0.39 is 12.1 Å². The van der Waals surface area contributed by atoms with Gasteiger partial charge in [-0.25, -0.2) is 0 Å². The van der Waals surface area contributed by atoms with Crippen LogP contribution in [0.25, 0.3) is 0 Å². The van der Waals surface area contributed by atoms with Crippen molar-refractivity contribution in [3.8, 4) is 0 Å². The van der Waals surface area contributed by atoms with Crippen LogP contribution < -0.4 is 0 Å². The van der Waals surface area contributed by atoms with Gasteiger partial charge in [0.25, 0.3) is 0 Å². The van der Waals surface area contributed by atoms with Gasteiger partial charge in [-0.3, -0.25) is 9.59 Å². The second-order valence-corrected chi connectivity index (χ2v) is 3.41. The van der Waals surface area contributed by atoms with Gasteiger partial charge in [-0.1, -0.05) is 6.42 Å². The van der Waals surface area contributed by atoms with E-state index >= 15 is 0 Å². The summed E-state index contributed by atoms with van der Waals surface area (Å²) >= 11 is 0. The lowest BCUT2D eigenvalue weighted by Crippen LogP contribution is -2.10. The van der Waals surface area contributed by atoms with Crippen molar-refractivity contribution in [3.63, 3.8) is 0 Å². The standard InChI is InChI=1S/C10H18O5/c1-15-10(14)7-6-8(11)4-2-3-5-9(12)13/h8,11H,2-7H2,1H3,(H,12,13).